The number of anilines is 1. The number of benzene rings is 1. The minimum Gasteiger partial charge on any atom is -0.325 e. The Hall–Kier alpha value is -2.43. The molecule has 2 heterocycles. The lowest BCUT2D eigenvalue weighted by atomic mass is 10.2. The van der Waals surface area contributed by atoms with Gasteiger partial charge in [-0.05, 0) is 32.2 Å². The van der Waals surface area contributed by atoms with Crippen molar-refractivity contribution in [2.45, 2.75) is 19.6 Å². The van der Waals surface area contributed by atoms with Gasteiger partial charge in [0.05, 0.1) is 22.8 Å². The molecule has 154 valence electrons. The van der Waals surface area contributed by atoms with Crippen molar-refractivity contribution < 1.29 is 18.0 Å². The van der Waals surface area contributed by atoms with Gasteiger partial charge in [0, 0.05) is 29.4 Å². The lowest BCUT2D eigenvalue weighted by Gasteiger charge is -2.16. The Balaban J connectivity index is 1.66. The second kappa shape index (κ2) is 8.13. The first kappa shape index (κ1) is 21.3. The molecule has 1 aromatic carbocycles. The third kappa shape index (κ3) is 4.95. The van der Waals surface area contributed by atoms with Crippen LogP contribution in [0.15, 0.2) is 34.4 Å². The first-order chi connectivity index (χ1) is 13.5. The van der Waals surface area contributed by atoms with E-state index in [2.05, 4.69) is 10.3 Å². The maximum absolute atomic E-state index is 12.9. The average molecular weight is 445 g/mol. The van der Waals surface area contributed by atoms with Crippen molar-refractivity contribution in [1.29, 1.82) is 0 Å². The Labute approximate surface area is 172 Å². The van der Waals surface area contributed by atoms with E-state index in [1.807, 2.05) is 12.3 Å². The zero-order valence-electron chi connectivity index (χ0n) is 15.4. The smallest absolute Gasteiger partial charge is 0.325 e. The van der Waals surface area contributed by atoms with Crippen LogP contribution >= 0.6 is 22.9 Å². The molecule has 2 aromatic heterocycles. The summed E-state index contributed by atoms with van der Waals surface area (Å²) < 4.78 is 40.3. The third-order valence-electron chi connectivity index (χ3n) is 4.03. The highest BCUT2D eigenvalue weighted by Gasteiger charge is 2.33. The van der Waals surface area contributed by atoms with Gasteiger partial charge in [0.1, 0.15) is 0 Å². The summed E-state index contributed by atoms with van der Waals surface area (Å²) in [5.41, 5.74) is 0.0601. The number of likely N-dealkylation sites (N-methyl/N-ethyl adjacent to an activating group) is 1. The molecule has 0 bridgehead atoms. The standard InChI is InChI=1S/C18H16ClF3N4O2S/c1-10-9-29-17-24-12(6-16(28)26(10)17)7-25(2)8-15(27)23-11-3-4-14(19)13(5-11)18(20,21)22/h3-6,9H,7-8H2,1-2H3,(H,23,27). The third-order valence-corrected chi connectivity index (χ3v) is 5.30. The van der Waals surface area contributed by atoms with Crippen molar-refractivity contribution in [3.8, 4) is 0 Å². The fourth-order valence-electron chi connectivity index (χ4n) is 2.78. The molecule has 29 heavy (non-hydrogen) atoms. The molecule has 0 aliphatic heterocycles. The van der Waals surface area contributed by atoms with Crippen molar-refractivity contribution in [1.82, 2.24) is 14.3 Å². The number of amides is 1. The number of carbonyl (C=O) groups is 1. The van der Waals surface area contributed by atoms with Crippen LogP contribution in [0.3, 0.4) is 0 Å². The summed E-state index contributed by atoms with van der Waals surface area (Å²) in [4.78, 5) is 31.0. The molecule has 6 nitrogen and oxygen atoms in total. The molecule has 1 amide bonds. The van der Waals surface area contributed by atoms with Gasteiger partial charge in [0.15, 0.2) is 4.96 Å². The van der Waals surface area contributed by atoms with Gasteiger partial charge in [-0.2, -0.15) is 13.2 Å². The normalized spacial score (nSPS) is 12.0. The molecule has 3 aromatic rings. The van der Waals surface area contributed by atoms with E-state index in [0.29, 0.717) is 10.7 Å². The average Bonchev–Trinajstić information content (AvgIpc) is 2.96. The molecule has 0 unspecified atom stereocenters. The van der Waals surface area contributed by atoms with E-state index in [4.69, 9.17) is 11.6 Å². The van der Waals surface area contributed by atoms with Crippen LogP contribution in [-0.2, 0) is 17.5 Å². The number of nitrogens with zero attached hydrogens (tertiary/aromatic N) is 3. The number of hydrogen-bond donors (Lipinski definition) is 1. The highest BCUT2D eigenvalue weighted by atomic mass is 35.5. The Morgan fingerprint density at radius 1 is 1.34 bits per heavy atom. The quantitative estimate of drug-likeness (QED) is 0.650. The number of aromatic nitrogens is 2. The maximum atomic E-state index is 12.9. The number of fused-ring (bicyclic) bond motifs is 1. The number of hydrogen-bond acceptors (Lipinski definition) is 5. The van der Waals surface area contributed by atoms with Crippen molar-refractivity contribution in [2.75, 3.05) is 18.9 Å². The van der Waals surface area contributed by atoms with Crippen LogP contribution in [0, 0.1) is 6.92 Å². The molecule has 0 saturated heterocycles. The number of halogens is 4. The summed E-state index contributed by atoms with van der Waals surface area (Å²) in [5, 5.41) is 3.80. The van der Waals surface area contributed by atoms with E-state index in [9.17, 15) is 22.8 Å². The molecule has 0 saturated carbocycles. The van der Waals surface area contributed by atoms with Gasteiger partial charge in [-0.3, -0.25) is 18.9 Å². The fraction of sp³-hybridized carbons (Fsp3) is 0.278. The minimum atomic E-state index is -4.62. The molecular formula is C18H16ClF3N4O2S. The number of aryl methyl sites for hydroxylation is 1. The zero-order chi connectivity index (χ0) is 21.3. The number of thiazole rings is 1. The SMILES string of the molecule is Cc1csc2nc(CN(C)CC(=O)Nc3ccc(Cl)c(C(F)(F)F)c3)cc(=O)n12. The van der Waals surface area contributed by atoms with Gasteiger partial charge in [-0.25, -0.2) is 4.98 Å². The van der Waals surface area contributed by atoms with Crippen LogP contribution in [0.1, 0.15) is 17.0 Å². The van der Waals surface area contributed by atoms with Crippen molar-refractivity contribution in [3.05, 3.63) is 62.0 Å². The zero-order valence-corrected chi connectivity index (χ0v) is 17.0. The summed E-state index contributed by atoms with van der Waals surface area (Å²) >= 11 is 6.91. The molecule has 0 radical (unpaired) electrons. The van der Waals surface area contributed by atoms with Crippen molar-refractivity contribution in [3.63, 3.8) is 0 Å². The second-order valence-electron chi connectivity index (χ2n) is 6.49. The predicted molar refractivity (Wildman–Crippen MR) is 105 cm³/mol. The van der Waals surface area contributed by atoms with Crippen LogP contribution in [-0.4, -0.2) is 33.8 Å². The molecular weight excluding hydrogens is 429 g/mol. The highest BCUT2D eigenvalue weighted by Crippen LogP contribution is 2.36. The maximum Gasteiger partial charge on any atom is 0.417 e. The van der Waals surface area contributed by atoms with Gasteiger partial charge in [0.25, 0.3) is 5.56 Å². The first-order valence-corrected chi connectivity index (χ1v) is 9.62. The Kier molecular flexibility index (Phi) is 5.97. The van der Waals surface area contributed by atoms with Crippen molar-refractivity contribution in [2.24, 2.45) is 0 Å². The molecule has 0 fully saturated rings. The van der Waals surface area contributed by atoms with Crippen LogP contribution in [0.4, 0.5) is 18.9 Å². The molecule has 0 atom stereocenters. The van der Waals surface area contributed by atoms with Gasteiger partial charge in [-0.1, -0.05) is 11.6 Å². The summed E-state index contributed by atoms with van der Waals surface area (Å²) in [6, 6.07) is 4.57. The van der Waals surface area contributed by atoms with Gasteiger partial charge in [0.2, 0.25) is 5.91 Å². The minimum absolute atomic E-state index is 0.00743. The Bertz CT molecular complexity index is 1130. The van der Waals surface area contributed by atoms with E-state index in [1.54, 1.807) is 11.9 Å². The van der Waals surface area contributed by atoms with Gasteiger partial charge < -0.3 is 5.32 Å². The summed E-state index contributed by atoms with van der Waals surface area (Å²) in [5.74, 6) is -0.507. The van der Waals surface area contributed by atoms with Gasteiger partial charge >= 0.3 is 6.18 Å². The van der Waals surface area contributed by atoms with Crippen LogP contribution < -0.4 is 10.9 Å². The van der Waals surface area contributed by atoms with Crippen molar-refractivity contribution >= 4 is 39.5 Å². The van der Waals surface area contributed by atoms with E-state index < -0.39 is 22.7 Å². The summed E-state index contributed by atoms with van der Waals surface area (Å²) in [6.07, 6.45) is -4.62. The number of carbonyl (C=O) groups excluding carboxylic acids is 1. The largest absolute Gasteiger partial charge is 0.417 e. The molecule has 11 heteroatoms. The first-order valence-electron chi connectivity index (χ1n) is 8.36. The Morgan fingerprint density at radius 3 is 2.76 bits per heavy atom. The number of alkyl halides is 3. The van der Waals surface area contributed by atoms with E-state index >= 15 is 0 Å². The summed E-state index contributed by atoms with van der Waals surface area (Å²) in [6.45, 7) is 1.93. The molecule has 0 spiro atoms. The van der Waals surface area contributed by atoms with Crippen LogP contribution in [0.2, 0.25) is 5.02 Å². The molecule has 1 N–H and O–H groups in total. The highest BCUT2D eigenvalue weighted by molar-refractivity contribution is 7.15. The van der Waals surface area contributed by atoms with Gasteiger partial charge in [-0.15, -0.1) is 11.3 Å². The number of nitrogens with one attached hydrogen (secondary N) is 1. The van der Waals surface area contributed by atoms with E-state index in [1.165, 1.54) is 27.9 Å². The molecule has 0 aliphatic carbocycles. The molecule has 3 rings (SSSR count). The van der Waals surface area contributed by atoms with E-state index in [-0.39, 0.29) is 24.3 Å². The molecule has 0 aliphatic rings. The van der Waals surface area contributed by atoms with Crippen LogP contribution in [0.25, 0.3) is 4.96 Å². The Morgan fingerprint density at radius 2 is 2.07 bits per heavy atom. The van der Waals surface area contributed by atoms with E-state index in [0.717, 1.165) is 17.8 Å². The lowest BCUT2D eigenvalue weighted by molar-refractivity contribution is -0.137. The second-order valence-corrected chi connectivity index (χ2v) is 7.74. The predicted octanol–water partition coefficient (Wildman–Crippen LogP) is 3.81. The topological polar surface area (TPSA) is 66.7 Å². The monoisotopic (exact) mass is 444 g/mol. The van der Waals surface area contributed by atoms with Crippen LogP contribution in [0.5, 0.6) is 0 Å². The number of rotatable bonds is 5. The lowest BCUT2D eigenvalue weighted by Crippen LogP contribution is -2.30. The summed E-state index contributed by atoms with van der Waals surface area (Å²) in [7, 11) is 1.64. The fourth-order valence-corrected chi connectivity index (χ4v) is 3.90.